The maximum Gasteiger partial charge on any atom is 0.416 e. The summed E-state index contributed by atoms with van der Waals surface area (Å²) >= 11 is 0.636. The molecule has 1 unspecified atom stereocenters. The van der Waals surface area contributed by atoms with Crippen LogP contribution >= 0.6 is 11.8 Å². The fourth-order valence-electron chi connectivity index (χ4n) is 1.55. The van der Waals surface area contributed by atoms with Crippen LogP contribution in [-0.4, -0.2) is 22.9 Å². The van der Waals surface area contributed by atoms with E-state index >= 15 is 0 Å². The Balaban J connectivity index is 3.13. The summed E-state index contributed by atoms with van der Waals surface area (Å²) in [5.41, 5.74) is -1.72. The van der Waals surface area contributed by atoms with E-state index in [1.54, 1.807) is 20.8 Å². The zero-order chi connectivity index (χ0) is 18.7. The molecule has 5 nitrogen and oxygen atoms in total. The van der Waals surface area contributed by atoms with Crippen LogP contribution in [0.1, 0.15) is 33.3 Å². The predicted octanol–water partition coefficient (Wildman–Crippen LogP) is 3.28. The summed E-state index contributed by atoms with van der Waals surface area (Å²) in [6, 6.07) is 2.62. The fraction of sp³-hybridized carbons (Fsp3) is 0.467. The maximum absolute atomic E-state index is 12.8. The fourth-order valence-corrected chi connectivity index (χ4v) is 2.47. The maximum atomic E-state index is 12.8. The number of ether oxygens (including phenoxy) is 1. The van der Waals surface area contributed by atoms with Gasteiger partial charge in [0.25, 0.3) is 0 Å². The van der Waals surface area contributed by atoms with Gasteiger partial charge in [-0.15, -0.1) is 11.8 Å². The minimum Gasteiger partial charge on any atom is -0.549 e. The van der Waals surface area contributed by atoms with E-state index in [4.69, 9.17) is 4.74 Å². The normalized spacial score (nSPS) is 13.3. The van der Waals surface area contributed by atoms with Crippen molar-refractivity contribution >= 4 is 29.5 Å². The summed E-state index contributed by atoms with van der Waals surface area (Å²) in [7, 11) is 0. The molecule has 1 atom stereocenters. The van der Waals surface area contributed by atoms with Crippen molar-refractivity contribution in [2.75, 3.05) is 5.32 Å². The van der Waals surface area contributed by atoms with Crippen LogP contribution in [0.3, 0.4) is 0 Å². The van der Waals surface area contributed by atoms with E-state index in [9.17, 15) is 27.9 Å². The van der Waals surface area contributed by atoms with Gasteiger partial charge >= 0.3 is 12.3 Å². The van der Waals surface area contributed by atoms with E-state index in [-0.39, 0.29) is 10.6 Å². The molecule has 0 radical (unpaired) electrons. The molecule has 0 spiro atoms. The van der Waals surface area contributed by atoms with Crippen LogP contribution in [0, 0.1) is 0 Å². The Morgan fingerprint density at radius 1 is 1.25 bits per heavy atom. The second-order valence-electron chi connectivity index (χ2n) is 5.91. The molecule has 1 aromatic rings. The molecule has 1 amide bonds. The van der Waals surface area contributed by atoms with Crippen LogP contribution in [0.5, 0.6) is 0 Å². The second kappa shape index (κ2) is 7.33. The molecule has 0 fully saturated rings. The molecule has 1 rings (SSSR count). The van der Waals surface area contributed by atoms with Gasteiger partial charge in [0, 0.05) is 10.1 Å². The van der Waals surface area contributed by atoms with E-state index in [2.05, 4.69) is 5.32 Å². The van der Waals surface area contributed by atoms with Crippen molar-refractivity contribution in [2.24, 2.45) is 0 Å². The number of carboxylic acids is 1. The van der Waals surface area contributed by atoms with Gasteiger partial charge in [0.05, 0.1) is 17.2 Å². The molecule has 0 aliphatic carbocycles. The molecule has 134 valence electrons. The van der Waals surface area contributed by atoms with Gasteiger partial charge in [-0.05, 0) is 45.9 Å². The first-order valence-corrected chi connectivity index (χ1v) is 7.76. The largest absolute Gasteiger partial charge is 0.549 e. The number of hydrogen-bond donors (Lipinski definition) is 1. The molecule has 0 saturated heterocycles. The Kier molecular flexibility index (Phi) is 6.15. The molecule has 0 saturated carbocycles. The lowest BCUT2D eigenvalue weighted by Crippen LogP contribution is -2.31. The van der Waals surface area contributed by atoms with Crippen molar-refractivity contribution < 1.29 is 32.6 Å². The van der Waals surface area contributed by atoms with Gasteiger partial charge in [0.15, 0.2) is 0 Å². The number of halogens is 3. The zero-order valence-electron chi connectivity index (χ0n) is 13.5. The predicted molar refractivity (Wildman–Crippen MR) is 81.6 cm³/mol. The van der Waals surface area contributed by atoms with Gasteiger partial charge in [-0.3, -0.25) is 5.32 Å². The molecule has 0 aliphatic heterocycles. The molecule has 1 N–H and O–H groups in total. The van der Waals surface area contributed by atoms with Crippen molar-refractivity contribution in [1.29, 1.82) is 0 Å². The van der Waals surface area contributed by atoms with Gasteiger partial charge in [0.2, 0.25) is 0 Å². The summed E-state index contributed by atoms with van der Waals surface area (Å²) in [6.07, 6.45) is -5.45. The number of nitrogens with one attached hydrogen (secondary N) is 1. The number of thioether (sulfide) groups is 1. The van der Waals surface area contributed by atoms with Gasteiger partial charge in [-0.1, -0.05) is 0 Å². The van der Waals surface area contributed by atoms with E-state index in [0.717, 1.165) is 18.2 Å². The highest BCUT2D eigenvalue weighted by Gasteiger charge is 2.31. The number of alkyl halides is 3. The third-order valence-corrected chi connectivity index (χ3v) is 3.72. The first-order chi connectivity index (χ1) is 10.8. The third kappa shape index (κ3) is 6.31. The zero-order valence-corrected chi connectivity index (χ0v) is 14.3. The first kappa shape index (κ1) is 20.1. The quantitative estimate of drug-likeness (QED) is 0.830. The Bertz CT molecular complexity index is 626. The Labute approximate surface area is 141 Å². The van der Waals surface area contributed by atoms with E-state index in [1.165, 1.54) is 6.92 Å². The van der Waals surface area contributed by atoms with Crippen molar-refractivity contribution in [2.45, 2.75) is 49.6 Å². The monoisotopic (exact) mass is 364 g/mol. The van der Waals surface area contributed by atoms with E-state index in [0.29, 0.717) is 11.8 Å². The van der Waals surface area contributed by atoms with E-state index < -0.39 is 34.7 Å². The van der Waals surface area contributed by atoms with Gasteiger partial charge in [-0.2, -0.15) is 13.2 Å². The molecular weight excluding hydrogens is 347 g/mol. The lowest BCUT2D eigenvalue weighted by molar-refractivity contribution is -0.304. The van der Waals surface area contributed by atoms with Crippen LogP contribution < -0.4 is 10.4 Å². The second-order valence-corrected chi connectivity index (χ2v) is 7.30. The minimum atomic E-state index is -4.59. The number of rotatable bonds is 4. The first-order valence-electron chi connectivity index (χ1n) is 6.88. The topological polar surface area (TPSA) is 78.5 Å². The number of anilines is 1. The summed E-state index contributed by atoms with van der Waals surface area (Å²) < 4.78 is 43.5. The molecule has 0 heterocycles. The van der Waals surface area contributed by atoms with Crippen LogP contribution in [0.2, 0.25) is 0 Å². The SMILES string of the molecule is CC(Sc1cc(C(F)(F)F)ccc1NC(=O)OC(C)(C)C)C(=O)[O-]. The van der Waals surface area contributed by atoms with Gasteiger partial charge in [0.1, 0.15) is 5.60 Å². The summed E-state index contributed by atoms with van der Waals surface area (Å²) in [5.74, 6) is -1.43. The Morgan fingerprint density at radius 2 is 1.83 bits per heavy atom. The van der Waals surface area contributed by atoms with E-state index in [1.807, 2.05) is 0 Å². The smallest absolute Gasteiger partial charge is 0.416 e. The molecule has 0 aromatic heterocycles. The van der Waals surface area contributed by atoms with Crippen LogP contribution in [0.15, 0.2) is 23.1 Å². The number of amides is 1. The van der Waals surface area contributed by atoms with Crippen molar-refractivity contribution in [3.63, 3.8) is 0 Å². The Morgan fingerprint density at radius 3 is 2.29 bits per heavy atom. The van der Waals surface area contributed by atoms with Crippen LogP contribution in [-0.2, 0) is 15.7 Å². The minimum absolute atomic E-state index is 0.0235. The summed E-state index contributed by atoms with van der Waals surface area (Å²) in [5, 5.41) is 12.1. The number of benzene rings is 1. The van der Waals surface area contributed by atoms with Crippen molar-refractivity contribution in [3.05, 3.63) is 23.8 Å². The standard InChI is InChI=1S/C15H18F3NO4S/c1-8(12(20)21)24-11-7-9(15(16,17)18)5-6-10(11)19-13(22)23-14(2,3)4/h5-8H,1-4H3,(H,19,22)(H,20,21)/p-1. The number of carbonyl (C=O) groups excluding carboxylic acids is 2. The third-order valence-electron chi connectivity index (χ3n) is 2.58. The average Bonchev–Trinajstić information content (AvgIpc) is 2.36. The number of carboxylic acid groups (broad SMARTS) is 1. The lowest BCUT2D eigenvalue weighted by atomic mass is 10.2. The lowest BCUT2D eigenvalue weighted by Gasteiger charge is -2.21. The average molecular weight is 364 g/mol. The highest BCUT2D eigenvalue weighted by Crippen LogP contribution is 2.37. The van der Waals surface area contributed by atoms with Crippen molar-refractivity contribution in [1.82, 2.24) is 0 Å². The van der Waals surface area contributed by atoms with Crippen LogP contribution in [0.4, 0.5) is 23.7 Å². The Hall–Kier alpha value is -1.90. The van der Waals surface area contributed by atoms with Gasteiger partial charge in [-0.25, -0.2) is 4.79 Å². The highest BCUT2D eigenvalue weighted by atomic mass is 32.2. The highest BCUT2D eigenvalue weighted by molar-refractivity contribution is 8.00. The number of carbonyl (C=O) groups is 2. The summed E-state index contributed by atoms with van der Waals surface area (Å²) in [6.45, 7) is 6.17. The molecule has 9 heteroatoms. The number of aliphatic carboxylic acids is 1. The molecule has 0 aliphatic rings. The van der Waals surface area contributed by atoms with Crippen LogP contribution in [0.25, 0.3) is 0 Å². The van der Waals surface area contributed by atoms with Gasteiger partial charge < -0.3 is 14.6 Å². The summed E-state index contributed by atoms with van der Waals surface area (Å²) in [4.78, 5) is 22.6. The molecular formula is C15H17F3NO4S-. The molecule has 0 bridgehead atoms. The van der Waals surface area contributed by atoms with Crippen molar-refractivity contribution in [3.8, 4) is 0 Å². The number of hydrogen-bond acceptors (Lipinski definition) is 5. The molecule has 24 heavy (non-hydrogen) atoms. The molecule has 1 aromatic carbocycles.